The lowest BCUT2D eigenvalue weighted by Crippen LogP contribution is -2.36. The van der Waals surface area contributed by atoms with E-state index in [1.165, 1.54) is 12.1 Å². The van der Waals surface area contributed by atoms with Gasteiger partial charge in [-0.25, -0.2) is 4.79 Å². The van der Waals surface area contributed by atoms with Gasteiger partial charge in [0.15, 0.2) is 0 Å². The van der Waals surface area contributed by atoms with Crippen LogP contribution in [0.1, 0.15) is 15.9 Å². The van der Waals surface area contributed by atoms with Gasteiger partial charge in [-0.05, 0) is 29.8 Å². The van der Waals surface area contributed by atoms with Gasteiger partial charge in [0.1, 0.15) is 12.3 Å². The first-order valence-corrected chi connectivity index (χ1v) is 8.45. The number of benzene rings is 2. The molecule has 0 N–H and O–H groups in total. The number of halogens is 1. The van der Waals surface area contributed by atoms with Crippen molar-refractivity contribution in [3.8, 4) is 0 Å². The first kappa shape index (κ1) is 18.2. The fourth-order valence-corrected chi connectivity index (χ4v) is 2.94. The molecule has 2 aromatic carbocycles. The second-order valence-corrected chi connectivity index (χ2v) is 6.20. The van der Waals surface area contributed by atoms with Crippen molar-refractivity contribution >= 4 is 28.9 Å². The quantitative estimate of drug-likeness (QED) is 0.451. The third-order valence-corrected chi connectivity index (χ3v) is 4.25. The normalized spacial score (nSPS) is 14.1. The van der Waals surface area contributed by atoms with Crippen LogP contribution in [-0.2, 0) is 16.1 Å². The number of carbonyl (C=O) groups excluding carboxylic acids is 1. The number of carbonyl (C=O) groups is 1. The van der Waals surface area contributed by atoms with Crippen molar-refractivity contribution in [2.45, 2.75) is 6.61 Å². The molecule has 0 atom stereocenters. The molecule has 0 bridgehead atoms. The molecule has 0 aromatic heterocycles. The van der Waals surface area contributed by atoms with Crippen LogP contribution in [0.25, 0.3) is 0 Å². The second kappa shape index (κ2) is 8.16. The standard InChI is InChI=1S/C18H17ClN2O5/c19-15-3-1-2-13(10-15)12-26-18(22)14-4-5-16(17(11-14)21(23)24)20-6-8-25-9-7-20/h1-5,10-11H,6-9,12H2. The van der Waals surface area contributed by atoms with Crippen LogP contribution in [0.3, 0.4) is 0 Å². The first-order valence-electron chi connectivity index (χ1n) is 8.07. The zero-order valence-electron chi connectivity index (χ0n) is 13.9. The van der Waals surface area contributed by atoms with E-state index in [1.54, 1.807) is 30.3 Å². The van der Waals surface area contributed by atoms with Gasteiger partial charge in [0.2, 0.25) is 0 Å². The fourth-order valence-electron chi connectivity index (χ4n) is 2.73. The van der Waals surface area contributed by atoms with E-state index in [0.717, 1.165) is 5.56 Å². The SMILES string of the molecule is O=C(OCc1cccc(Cl)c1)c1ccc(N2CCOCC2)c([N+](=O)[O-])c1. The summed E-state index contributed by atoms with van der Waals surface area (Å²) in [4.78, 5) is 25.1. The lowest BCUT2D eigenvalue weighted by atomic mass is 10.1. The Morgan fingerprint density at radius 2 is 2.00 bits per heavy atom. The Morgan fingerprint density at radius 3 is 2.69 bits per heavy atom. The molecular weight excluding hydrogens is 360 g/mol. The molecule has 0 unspecified atom stereocenters. The van der Waals surface area contributed by atoms with Gasteiger partial charge in [-0.2, -0.15) is 0 Å². The average Bonchev–Trinajstić information content (AvgIpc) is 2.66. The van der Waals surface area contributed by atoms with E-state index in [0.29, 0.717) is 37.0 Å². The Kier molecular flexibility index (Phi) is 5.70. The zero-order valence-corrected chi connectivity index (χ0v) is 14.6. The summed E-state index contributed by atoms with van der Waals surface area (Å²) in [5, 5.41) is 12.0. The summed E-state index contributed by atoms with van der Waals surface area (Å²) in [6, 6.07) is 11.3. The molecule has 1 heterocycles. The number of hydrogen-bond acceptors (Lipinski definition) is 6. The van der Waals surface area contributed by atoms with Gasteiger partial charge in [-0.3, -0.25) is 10.1 Å². The number of hydrogen-bond donors (Lipinski definition) is 0. The molecule has 7 nitrogen and oxygen atoms in total. The minimum Gasteiger partial charge on any atom is -0.457 e. The molecule has 1 fully saturated rings. The molecule has 0 aliphatic carbocycles. The van der Waals surface area contributed by atoms with Crippen molar-refractivity contribution < 1.29 is 19.2 Å². The third kappa shape index (κ3) is 4.30. The predicted molar refractivity (Wildman–Crippen MR) is 96.7 cm³/mol. The highest BCUT2D eigenvalue weighted by atomic mass is 35.5. The number of esters is 1. The third-order valence-electron chi connectivity index (χ3n) is 4.02. The van der Waals surface area contributed by atoms with E-state index >= 15 is 0 Å². The van der Waals surface area contributed by atoms with Crippen LogP contribution in [0, 0.1) is 10.1 Å². The van der Waals surface area contributed by atoms with Crippen molar-refractivity contribution in [1.29, 1.82) is 0 Å². The Morgan fingerprint density at radius 1 is 1.23 bits per heavy atom. The average molecular weight is 377 g/mol. The predicted octanol–water partition coefficient (Wildman–Crippen LogP) is 3.44. The van der Waals surface area contributed by atoms with E-state index in [4.69, 9.17) is 21.1 Å². The van der Waals surface area contributed by atoms with Crippen molar-refractivity contribution in [2.75, 3.05) is 31.2 Å². The van der Waals surface area contributed by atoms with Gasteiger partial charge < -0.3 is 14.4 Å². The molecule has 1 aliphatic heterocycles. The van der Waals surface area contributed by atoms with Crippen molar-refractivity contribution in [3.63, 3.8) is 0 Å². The molecule has 0 saturated carbocycles. The highest BCUT2D eigenvalue weighted by Gasteiger charge is 2.23. The van der Waals surface area contributed by atoms with Gasteiger partial charge >= 0.3 is 5.97 Å². The molecule has 3 rings (SSSR count). The lowest BCUT2D eigenvalue weighted by molar-refractivity contribution is -0.384. The van der Waals surface area contributed by atoms with Crippen LogP contribution < -0.4 is 4.90 Å². The number of ether oxygens (including phenoxy) is 2. The van der Waals surface area contributed by atoms with Crippen molar-refractivity contribution in [2.24, 2.45) is 0 Å². The highest BCUT2D eigenvalue weighted by molar-refractivity contribution is 6.30. The molecule has 136 valence electrons. The van der Waals surface area contributed by atoms with Crippen molar-refractivity contribution in [1.82, 2.24) is 0 Å². The number of nitro benzene ring substituents is 1. The smallest absolute Gasteiger partial charge is 0.338 e. The Labute approximate surface area is 155 Å². The molecule has 0 amide bonds. The van der Waals surface area contributed by atoms with Crippen molar-refractivity contribution in [3.05, 3.63) is 68.7 Å². The summed E-state index contributed by atoms with van der Waals surface area (Å²) in [6.07, 6.45) is 0. The lowest BCUT2D eigenvalue weighted by Gasteiger charge is -2.28. The maximum Gasteiger partial charge on any atom is 0.338 e. The number of nitro groups is 1. The Bertz CT molecular complexity index is 821. The van der Waals surface area contributed by atoms with E-state index < -0.39 is 10.9 Å². The molecule has 0 spiro atoms. The Hall–Kier alpha value is -2.64. The molecule has 26 heavy (non-hydrogen) atoms. The van der Waals surface area contributed by atoms with E-state index in [2.05, 4.69) is 0 Å². The number of morpholine rings is 1. The van der Waals surface area contributed by atoms with Crippen LogP contribution in [0.15, 0.2) is 42.5 Å². The fraction of sp³-hybridized carbons (Fsp3) is 0.278. The van der Waals surface area contributed by atoms with Gasteiger partial charge in [-0.1, -0.05) is 23.7 Å². The van der Waals surface area contributed by atoms with Gasteiger partial charge in [0.25, 0.3) is 5.69 Å². The molecule has 1 saturated heterocycles. The summed E-state index contributed by atoms with van der Waals surface area (Å²) in [7, 11) is 0. The van der Waals surface area contributed by atoms with E-state index in [-0.39, 0.29) is 17.9 Å². The van der Waals surface area contributed by atoms with Gasteiger partial charge in [0, 0.05) is 24.2 Å². The van der Waals surface area contributed by atoms with Gasteiger partial charge in [0.05, 0.1) is 23.7 Å². The van der Waals surface area contributed by atoms with Crippen LogP contribution in [0.4, 0.5) is 11.4 Å². The molecule has 1 aliphatic rings. The maximum absolute atomic E-state index is 12.3. The molecule has 2 aromatic rings. The van der Waals surface area contributed by atoms with Crippen LogP contribution in [0.2, 0.25) is 5.02 Å². The molecular formula is C18H17ClN2O5. The summed E-state index contributed by atoms with van der Waals surface area (Å²) in [6.45, 7) is 2.21. The van der Waals surface area contributed by atoms with Crippen LogP contribution in [0.5, 0.6) is 0 Å². The highest BCUT2D eigenvalue weighted by Crippen LogP contribution is 2.30. The molecule has 8 heteroatoms. The zero-order chi connectivity index (χ0) is 18.5. The van der Waals surface area contributed by atoms with E-state index in [9.17, 15) is 14.9 Å². The summed E-state index contributed by atoms with van der Waals surface area (Å²) in [5.74, 6) is -0.624. The van der Waals surface area contributed by atoms with Crippen LogP contribution >= 0.6 is 11.6 Å². The summed E-state index contributed by atoms with van der Waals surface area (Å²) in [5.41, 5.74) is 1.23. The number of rotatable bonds is 5. The number of nitrogens with zero attached hydrogens (tertiary/aromatic N) is 2. The summed E-state index contributed by atoms with van der Waals surface area (Å²) >= 11 is 5.90. The minimum absolute atomic E-state index is 0.0401. The Balaban J connectivity index is 1.75. The van der Waals surface area contributed by atoms with E-state index in [1.807, 2.05) is 4.90 Å². The summed E-state index contributed by atoms with van der Waals surface area (Å²) < 4.78 is 10.5. The number of anilines is 1. The topological polar surface area (TPSA) is 81.9 Å². The second-order valence-electron chi connectivity index (χ2n) is 5.77. The largest absolute Gasteiger partial charge is 0.457 e. The molecule has 0 radical (unpaired) electrons. The monoisotopic (exact) mass is 376 g/mol. The van der Waals surface area contributed by atoms with Crippen LogP contribution in [-0.4, -0.2) is 37.2 Å². The first-order chi connectivity index (χ1) is 12.5. The van der Waals surface area contributed by atoms with Gasteiger partial charge in [-0.15, -0.1) is 0 Å². The maximum atomic E-state index is 12.3. The minimum atomic E-state index is -0.624.